The molecule has 0 fully saturated rings. The summed E-state index contributed by atoms with van der Waals surface area (Å²) in [7, 11) is -3.66. The summed E-state index contributed by atoms with van der Waals surface area (Å²) >= 11 is 0. The normalized spacial score (nSPS) is 11.3. The highest BCUT2D eigenvalue weighted by molar-refractivity contribution is 7.91. The topological polar surface area (TPSA) is 92.4 Å². The molecule has 6 nitrogen and oxygen atoms in total. The fourth-order valence-electron chi connectivity index (χ4n) is 2.09. The lowest BCUT2D eigenvalue weighted by Gasteiger charge is -2.10. The molecule has 118 valence electrons. The number of furan rings is 1. The molecule has 0 aliphatic heterocycles. The molecular formula is C16H14N2O4S. The van der Waals surface area contributed by atoms with Crippen molar-refractivity contribution in [1.29, 1.82) is 0 Å². The van der Waals surface area contributed by atoms with E-state index in [1.54, 1.807) is 36.4 Å². The second kappa shape index (κ2) is 6.13. The molecule has 0 amide bonds. The Kier molecular flexibility index (Phi) is 4.03. The van der Waals surface area contributed by atoms with Gasteiger partial charge in [0.2, 0.25) is 10.0 Å². The molecule has 0 saturated carbocycles. The Labute approximate surface area is 133 Å². The Hall–Kier alpha value is -2.80. The quantitative estimate of drug-likeness (QED) is 0.750. The third kappa shape index (κ3) is 3.70. The third-order valence-electron chi connectivity index (χ3n) is 3.12. The van der Waals surface area contributed by atoms with Crippen LogP contribution in [0, 0.1) is 0 Å². The predicted molar refractivity (Wildman–Crippen MR) is 86.3 cm³/mol. The lowest BCUT2D eigenvalue weighted by Crippen LogP contribution is -2.15. The van der Waals surface area contributed by atoms with Crippen molar-refractivity contribution < 1.29 is 17.9 Å². The standard InChI is InChI=1S/C16H14N2O4S/c19-15-10-17-14(16-7-4-8-22-16)9-13(15)18-23(20,21)11-12-5-2-1-3-6-12/h1-10,19H,11H2,(H,17,18). The zero-order valence-electron chi connectivity index (χ0n) is 12.0. The highest BCUT2D eigenvalue weighted by Gasteiger charge is 2.16. The van der Waals surface area contributed by atoms with Gasteiger partial charge in [0.1, 0.15) is 5.69 Å². The molecule has 0 aliphatic carbocycles. The van der Waals surface area contributed by atoms with Crippen LogP contribution in [0.2, 0.25) is 0 Å². The molecule has 2 aromatic heterocycles. The lowest BCUT2D eigenvalue weighted by atomic mass is 10.2. The van der Waals surface area contributed by atoms with Crippen LogP contribution in [0.1, 0.15) is 5.56 Å². The van der Waals surface area contributed by atoms with Gasteiger partial charge < -0.3 is 9.52 Å². The van der Waals surface area contributed by atoms with E-state index < -0.39 is 10.0 Å². The Morgan fingerprint density at radius 3 is 2.61 bits per heavy atom. The first-order chi connectivity index (χ1) is 11.0. The molecule has 7 heteroatoms. The number of pyridine rings is 1. The van der Waals surface area contributed by atoms with E-state index in [1.165, 1.54) is 18.5 Å². The molecule has 3 aromatic rings. The number of aromatic hydroxyl groups is 1. The number of benzene rings is 1. The van der Waals surface area contributed by atoms with Crippen molar-refractivity contribution in [1.82, 2.24) is 4.98 Å². The summed E-state index contributed by atoms with van der Waals surface area (Å²) in [5, 5.41) is 9.84. The van der Waals surface area contributed by atoms with Crippen LogP contribution in [0.15, 0.2) is 65.4 Å². The molecule has 2 N–H and O–H groups in total. The maximum Gasteiger partial charge on any atom is 0.237 e. The number of rotatable bonds is 5. The molecule has 0 saturated heterocycles. The monoisotopic (exact) mass is 330 g/mol. The predicted octanol–water partition coefficient (Wildman–Crippen LogP) is 2.99. The molecule has 0 radical (unpaired) electrons. The van der Waals surface area contributed by atoms with Crippen LogP contribution < -0.4 is 4.72 Å². The zero-order chi connectivity index (χ0) is 16.3. The van der Waals surface area contributed by atoms with Crippen LogP contribution in [-0.4, -0.2) is 18.5 Å². The van der Waals surface area contributed by atoms with E-state index in [9.17, 15) is 13.5 Å². The second-order valence-electron chi connectivity index (χ2n) is 4.91. The van der Waals surface area contributed by atoms with Gasteiger partial charge >= 0.3 is 0 Å². The minimum atomic E-state index is -3.66. The second-order valence-corrected chi connectivity index (χ2v) is 6.63. The Morgan fingerprint density at radius 2 is 1.91 bits per heavy atom. The molecule has 0 atom stereocenters. The minimum Gasteiger partial charge on any atom is -0.504 e. The van der Waals surface area contributed by atoms with E-state index in [0.29, 0.717) is 17.0 Å². The summed E-state index contributed by atoms with van der Waals surface area (Å²) in [6.07, 6.45) is 2.67. The summed E-state index contributed by atoms with van der Waals surface area (Å²) in [5.74, 6) is 0.0385. The van der Waals surface area contributed by atoms with Gasteiger partial charge in [0, 0.05) is 0 Å². The van der Waals surface area contributed by atoms with Crippen LogP contribution in [0.25, 0.3) is 11.5 Å². The van der Waals surface area contributed by atoms with E-state index in [0.717, 1.165) is 0 Å². The van der Waals surface area contributed by atoms with Crippen LogP contribution in [-0.2, 0) is 15.8 Å². The van der Waals surface area contributed by atoms with Gasteiger partial charge in [-0.1, -0.05) is 30.3 Å². The first kappa shape index (κ1) is 15.1. The Morgan fingerprint density at radius 1 is 1.13 bits per heavy atom. The highest BCUT2D eigenvalue weighted by atomic mass is 32.2. The highest BCUT2D eigenvalue weighted by Crippen LogP contribution is 2.28. The number of anilines is 1. The maximum atomic E-state index is 12.3. The number of nitrogens with zero attached hydrogens (tertiary/aromatic N) is 1. The SMILES string of the molecule is O=S(=O)(Cc1ccccc1)Nc1cc(-c2ccco2)ncc1O. The van der Waals surface area contributed by atoms with Crippen molar-refractivity contribution in [2.24, 2.45) is 0 Å². The van der Waals surface area contributed by atoms with Crippen molar-refractivity contribution in [3.63, 3.8) is 0 Å². The summed E-state index contributed by atoms with van der Waals surface area (Å²) in [5.41, 5.74) is 1.13. The van der Waals surface area contributed by atoms with Gasteiger partial charge in [0.15, 0.2) is 11.5 Å². The van der Waals surface area contributed by atoms with E-state index >= 15 is 0 Å². The molecular weight excluding hydrogens is 316 g/mol. The van der Waals surface area contributed by atoms with Gasteiger partial charge in [-0.3, -0.25) is 4.72 Å². The van der Waals surface area contributed by atoms with Gasteiger partial charge in [0.05, 0.1) is 23.9 Å². The molecule has 0 spiro atoms. The first-order valence-corrected chi connectivity index (χ1v) is 8.46. The number of nitrogens with one attached hydrogen (secondary N) is 1. The van der Waals surface area contributed by atoms with Crippen molar-refractivity contribution in [3.8, 4) is 17.2 Å². The van der Waals surface area contributed by atoms with Gasteiger partial charge in [-0.15, -0.1) is 0 Å². The van der Waals surface area contributed by atoms with E-state index in [1.807, 2.05) is 6.07 Å². The van der Waals surface area contributed by atoms with Crippen LogP contribution in [0.3, 0.4) is 0 Å². The molecule has 0 bridgehead atoms. The molecule has 23 heavy (non-hydrogen) atoms. The number of hydrogen-bond acceptors (Lipinski definition) is 5. The zero-order valence-corrected chi connectivity index (χ0v) is 12.8. The average molecular weight is 330 g/mol. The number of aromatic nitrogens is 1. The van der Waals surface area contributed by atoms with Gasteiger partial charge in [-0.05, 0) is 23.8 Å². The molecule has 2 heterocycles. The smallest absolute Gasteiger partial charge is 0.237 e. The first-order valence-electron chi connectivity index (χ1n) is 6.81. The molecule has 0 aliphatic rings. The fourth-order valence-corrected chi connectivity index (χ4v) is 3.29. The van der Waals surface area contributed by atoms with Gasteiger partial charge in [-0.2, -0.15) is 0 Å². The van der Waals surface area contributed by atoms with E-state index in [4.69, 9.17) is 4.42 Å². The average Bonchev–Trinajstić information content (AvgIpc) is 3.04. The Balaban J connectivity index is 1.85. The minimum absolute atomic E-state index is 0.0577. The molecule has 1 aromatic carbocycles. The van der Waals surface area contributed by atoms with Crippen LogP contribution in [0.4, 0.5) is 5.69 Å². The van der Waals surface area contributed by atoms with Gasteiger partial charge in [0.25, 0.3) is 0 Å². The van der Waals surface area contributed by atoms with Gasteiger partial charge in [-0.25, -0.2) is 13.4 Å². The summed E-state index contributed by atoms with van der Waals surface area (Å²) in [4.78, 5) is 4.02. The fraction of sp³-hybridized carbons (Fsp3) is 0.0625. The third-order valence-corrected chi connectivity index (χ3v) is 4.37. The van der Waals surface area contributed by atoms with Crippen molar-refractivity contribution >= 4 is 15.7 Å². The maximum absolute atomic E-state index is 12.3. The van der Waals surface area contributed by atoms with Crippen molar-refractivity contribution in [3.05, 3.63) is 66.6 Å². The summed E-state index contributed by atoms with van der Waals surface area (Å²) < 4.78 is 32.1. The summed E-state index contributed by atoms with van der Waals surface area (Å²) in [6, 6.07) is 13.6. The summed E-state index contributed by atoms with van der Waals surface area (Å²) in [6.45, 7) is 0. The lowest BCUT2D eigenvalue weighted by molar-refractivity contribution is 0.475. The number of sulfonamides is 1. The van der Waals surface area contributed by atoms with E-state index in [2.05, 4.69) is 9.71 Å². The van der Waals surface area contributed by atoms with Crippen LogP contribution in [0.5, 0.6) is 5.75 Å². The van der Waals surface area contributed by atoms with Crippen molar-refractivity contribution in [2.75, 3.05) is 4.72 Å². The van der Waals surface area contributed by atoms with Crippen LogP contribution >= 0.6 is 0 Å². The number of hydrogen-bond donors (Lipinski definition) is 2. The van der Waals surface area contributed by atoms with Crippen molar-refractivity contribution in [2.45, 2.75) is 5.75 Å². The Bertz CT molecular complexity index is 891. The molecule has 3 rings (SSSR count). The largest absolute Gasteiger partial charge is 0.504 e. The molecule has 0 unspecified atom stereocenters. The van der Waals surface area contributed by atoms with E-state index in [-0.39, 0.29) is 17.2 Å².